The highest BCUT2D eigenvalue weighted by molar-refractivity contribution is 7.80. The van der Waals surface area contributed by atoms with Crippen LogP contribution in [0.2, 0.25) is 0 Å². The lowest BCUT2D eigenvalue weighted by atomic mass is 10.1. The highest BCUT2D eigenvalue weighted by Crippen LogP contribution is 2.25. The van der Waals surface area contributed by atoms with Crippen LogP contribution in [0.4, 0.5) is 10.1 Å². The van der Waals surface area contributed by atoms with Crippen molar-refractivity contribution in [2.75, 3.05) is 5.32 Å². The Morgan fingerprint density at radius 1 is 1.35 bits per heavy atom. The molecule has 3 nitrogen and oxygen atoms in total. The Bertz CT molecular complexity index is 651. The summed E-state index contributed by atoms with van der Waals surface area (Å²) in [6, 6.07) is 6.74. The molecule has 0 fully saturated rings. The Morgan fingerprint density at radius 2 is 2.05 bits per heavy atom. The van der Waals surface area contributed by atoms with Gasteiger partial charge < -0.3 is 15.5 Å². The molecule has 0 aliphatic rings. The number of nitrogens with one attached hydrogen (secondary N) is 1. The minimum absolute atomic E-state index is 0.0162. The standard InChI is InChI=1S/C15H17FN2OS/c1-8-6-13(10(3)19-8)9(2)18-11-4-5-12(15(17)20)14(16)7-11/h4-7,9,18H,1-3H3,(H2,17,20). The van der Waals surface area contributed by atoms with Gasteiger partial charge in [0.1, 0.15) is 22.3 Å². The maximum atomic E-state index is 13.8. The van der Waals surface area contributed by atoms with Crippen LogP contribution in [-0.2, 0) is 0 Å². The number of thiocarbonyl (C=S) groups is 1. The summed E-state index contributed by atoms with van der Waals surface area (Å²) in [5, 5.41) is 3.24. The van der Waals surface area contributed by atoms with E-state index in [2.05, 4.69) is 5.32 Å². The summed E-state index contributed by atoms with van der Waals surface area (Å²) in [5.74, 6) is 1.30. The molecule has 0 radical (unpaired) electrons. The average molecular weight is 292 g/mol. The monoisotopic (exact) mass is 292 g/mol. The molecular formula is C15H17FN2OS. The maximum Gasteiger partial charge on any atom is 0.135 e. The number of halogens is 1. The number of aryl methyl sites for hydroxylation is 2. The van der Waals surface area contributed by atoms with Gasteiger partial charge in [-0.25, -0.2) is 4.39 Å². The predicted octanol–water partition coefficient (Wildman–Crippen LogP) is 3.84. The van der Waals surface area contributed by atoms with Crippen LogP contribution in [0.1, 0.15) is 35.6 Å². The SMILES string of the molecule is Cc1cc(C(C)Nc2ccc(C(N)=S)c(F)c2)c(C)o1. The second-order valence-electron chi connectivity index (χ2n) is 4.79. The minimum Gasteiger partial charge on any atom is -0.466 e. The van der Waals surface area contributed by atoms with Crippen molar-refractivity contribution in [3.05, 3.63) is 52.7 Å². The van der Waals surface area contributed by atoms with E-state index in [1.54, 1.807) is 12.1 Å². The molecule has 0 aliphatic heterocycles. The molecule has 1 unspecified atom stereocenters. The van der Waals surface area contributed by atoms with Gasteiger partial charge in [0.2, 0.25) is 0 Å². The molecule has 5 heteroatoms. The zero-order valence-corrected chi connectivity index (χ0v) is 12.5. The Balaban J connectivity index is 2.20. The first kappa shape index (κ1) is 14.5. The smallest absolute Gasteiger partial charge is 0.135 e. The Morgan fingerprint density at radius 3 is 2.55 bits per heavy atom. The van der Waals surface area contributed by atoms with Crippen molar-refractivity contribution in [1.29, 1.82) is 0 Å². The summed E-state index contributed by atoms with van der Waals surface area (Å²) < 4.78 is 19.3. The van der Waals surface area contributed by atoms with Gasteiger partial charge in [-0.05, 0) is 45.0 Å². The van der Waals surface area contributed by atoms with Crippen molar-refractivity contribution in [1.82, 2.24) is 0 Å². The van der Waals surface area contributed by atoms with Gasteiger partial charge in [0.05, 0.1) is 6.04 Å². The Labute approximate surface area is 123 Å². The summed E-state index contributed by atoms with van der Waals surface area (Å²) in [6.07, 6.45) is 0. The third kappa shape index (κ3) is 2.99. The first-order chi connectivity index (χ1) is 9.38. The van der Waals surface area contributed by atoms with E-state index in [0.29, 0.717) is 5.69 Å². The molecule has 0 saturated carbocycles. The number of hydrogen-bond acceptors (Lipinski definition) is 3. The van der Waals surface area contributed by atoms with Gasteiger partial charge in [-0.3, -0.25) is 0 Å². The fourth-order valence-electron chi connectivity index (χ4n) is 2.21. The first-order valence-corrected chi connectivity index (χ1v) is 6.72. The van der Waals surface area contributed by atoms with Crippen LogP contribution in [0.3, 0.4) is 0 Å². The first-order valence-electron chi connectivity index (χ1n) is 6.31. The van der Waals surface area contributed by atoms with Gasteiger partial charge in [-0.2, -0.15) is 0 Å². The molecule has 2 aromatic rings. The van der Waals surface area contributed by atoms with E-state index < -0.39 is 5.82 Å². The molecule has 0 spiro atoms. The van der Waals surface area contributed by atoms with Crippen molar-refractivity contribution < 1.29 is 8.81 Å². The van der Waals surface area contributed by atoms with E-state index >= 15 is 0 Å². The van der Waals surface area contributed by atoms with E-state index in [1.807, 2.05) is 26.8 Å². The molecule has 1 atom stereocenters. The van der Waals surface area contributed by atoms with E-state index in [-0.39, 0.29) is 16.6 Å². The van der Waals surface area contributed by atoms with Gasteiger partial charge in [-0.15, -0.1) is 0 Å². The maximum absolute atomic E-state index is 13.8. The van der Waals surface area contributed by atoms with Gasteiger partial charge >= 0.3 is 0 Å². The van der Waals surface area contributed by atoms with Crippen LogP contribution < -0.4 is 11.1 Å². The Kier molecular flexibility index (Phi) is 4.09. The molecular weight excluding hydrogens is 275 g/mol. The average Bonchev–Trinajstić information content (AvgIpc) is 2.68. The van der Waals surface area contributed by atoms with Gasteiger partial charge in [-0.1, -0.05) is 12.2 Å². The highest BCUT2D eigenvalue weighted by Gasteiger charge is 2.13. The van der Waals surface area contributed by atoms with E-state index in [0.717, 1.165) is 17.1 Å². The van der Waals surface area contributed by atoms with Crippen molar-refractivity contribution in [3.63, 3.8) is 0 Å². The van der Waals surface area contributed by atoms with Crippen LogP contribution in [0.25, 0.3) is 0 Å². The van der Waals surface area contributed by atoms with Crippen LogP contribution in [0.5, 0.6) is 0 Å². The molecule has 0 bridgehead atoms. The van der Waals surface area contributed by atoms with Crippen LogP contribution in [0, 0.1) is 19.7 Å². The number of anilines is 1. The quantitative estimate of drug-likeness (QED) is 0.841. The fraction of sp³-hybridized carbons (Fsp3) is 0.267. The lowest BCUT2D eigenvalue weighted by molar-refractivity contribution is 0.500. The topological polar surface area (TPSA) is 51.2 Å². The van der Waals surface area contributed by atoms with Crippen LogP contribution >= 0.6 is 12.2 Å². The molecule has 3 N–H and O–H groups in total. The van der Waals surface area contributed by atoms with E-state index in [1.165, 1.54) is 6.07 Å². The number of rotatable bonds is 4. The minimum atomic E-state index is -0.421. The second kappa shape index (κ2) is 5.63. The molecule has 1 heterocycles. The van der Waals surface area contributed by atoms with Crippen LogP contribution in [0.15, 0.2) is 28.7 Å². The second-order valence-corrected chi connectivity index (χ2v) is 5.23. The lowest BCUT2D eigenvalue weighted by Gasteiger charge is -2.15. The Hall–Kier alpha value is -1.88. The molecule has 0 saturated heterocycles. The zero-order chi connectivity index (χ0) is 14.9. The number of benzene rings is 1. The number of nitrogens with two attached hydrogens (primary N) is 1. The van der Waals surface area contributed by atoms with E-state index in [9.17, 15) is 4.39 Å². The normalized spacial score (nSPS) is 12.2. The fourth-order valence-corrected chi connectivity index (χ4v) is 2.38. The molecule has 1 aromatic heterocycles. The van der Waals surface area contributed by atoms with Crippen LogP contribution in [-0.4, -0.2) is 4.99 Å². The van der Waals surface area contributed by atoms with Crippen molar-refractivity contribution in [3.8, 4) is 0 Å². The van der Waals surface area contributed by atoms with E-state index in [4.69, 9.17) is 22.4 Å². The van der Waals surface area contributed by atoms with Crippen molar-refractivity contribution in [2.45, 2.75) is 26.8 Å². The van der Waals surface area contributed by atoms with Crippen molar-refractivity contribution in [2.24, 2.45) is 5.73 Å². The van der Waals surface area contributed by atoms with Gasteiger partial charge in [0, 0.05) is 16.8 Å². The number of furan rings is 1. The molecule has 0 aliphatic carbocycles. The summed E-state index contributed by atoms with van der Waals surface area (Å²) in [6.45, 7) is 5.81. The third-order valence-corrected chi connectivity index (χ3v) is 3.38. The summed E-state index contributed by atoms with van der Waals surface area (Å²) in [7, 11) is 0. The zero-order valence-electron chi connectivity index (χ0n) is 11.7. The van der Waals surface area contributed by atoms with Crippen molar-refractivity contribution >= 4 is 22.9 Å². The predicted molar refractivity (Wildman–Crippen MR) is 82.5 cm³/mol. The third-order valence-electron chi connectivity index (χ3n) is 3.16. The number of hydrogen-bond donors (Lipinski definition) is 2. The summed E-state index contributed by atoms with van der Waals surface area (Å²) in [5.41, 5.74) is 7.43. The van der Waals surface area contributed by atoms with Gasteiger partial charge in [0.25, 0.3) is 0 Å². The molecule has 20 heavy (non-hydrogen) atoms. The van der Waals surface area contributed by atoms with Gasteiger partial charge in [0.15, 0.2) is 0 Å². The highest BCUT2D eigenvalue weighted by atomic mass is 32.1. The summed E-state index contributed by atoms with van der Waals surface area (Å²) in [4.78, 5) is 0.0587. The molecule has 1 aromatic carbocycles. The molecule has 2 rings (SSSR count). The largest absolute Gasteiger partial charge is 0.466 e. The molecule has 0 amide bonds. The molecule has 106 valence electrons. The lowest BCUT2D eigenvalue weighted by Crippen LogP contribution is -2.12. The summed E-state index contributed by atoms with van der Waals surface area (Å²) >= 11 is 4.78.